The van der Waals surface area contributed by atoms with Crippen molar-refractivity contribution in [3.63, 3.8) is 0 Å². The Morgan fingerprint density at radius 3 is 1.64 bits per heavy atom. The average molecular weight is 695 g/mol. The highest BCUT2D eigenvalue weighted by Crippen LogP contribution is 2.36. The predicted octanol–water partition coefficient (Wildman–Crippen LogP) is 9.10. The zero-order valence-corrected chi connectivity index (χ0v) is 29.7. The molecule has 0 aliphatic heterocycles. The summed E-state index contributed by atoms with van der Waals surface area (Å²) in [6, 6.07) is 20.9. The zero-order valence-electron chi connectivity index (χ0n) is 28.9. The third-order valence-electron chi connectivity index (χ3n) is 8.27. The van der Waals surface area contributed by atoms with E-state index in [4.69, 9.17) is 21.8 Å². The molecule has 50 heavy (non-hydrogen) atoms. The Balaban J connectivity index is 0.000000194. The van der Waals surface area contributed by atoms with Crippen LogP contribution < -0.4 is 10.6 Å². The maximum Gasteiger partial charge on any atom is 0.303 e. The van der Waals surface area contributed by atoms with Gasteiger partial charge in [-0.05, 0) is 124 Å². The summed E-state index contributed by atoms with van der Waals surface area (Å²) >= 11 is 6.39. The number of benzene rings is 4. The average Bonchev–Trinajstić information content (AvgIpc) is 3.72. The number of hydrogen-bond acceptors (Lipinski definition) is 6. The molecule has 10 nitrogen and oxygen atoms in total. The summed E-state index contributed by atoms with van der Waals surface area (Å²) in [6.07, 6.45) is 4.72. The molecule has 0 spiro atoms. The summed E-state index contributed by atoms with van der Waals surface area (Å²) in [5, 5.41) is 41.6. The first-order valence-corrected chi connectivity index (χ1v) is 17.0. The molecule has 0 saturated carbocycles. The minimum Gasteiger partial charge on any atom is -0.481 e. The molecule has 2 heterocycles. The second-order valence-electron chi connectivity index (χ2n) is 13.0. The first kappa shape index (κ1) is 35.9. The standard InChI is InChI=1S/C20H23N3O2.C19H20ClN3O2/c1-12(2)22-19-8-13(3)14(5-7-20(24)25)10-17(19)15-4-6-18-16(9-15)11-21-23-18;1-11(2)22-18-9-16(20)13(4-6-19(24)25)8-15(18)12-3-5-17-14(7-12)10-21-23-17/h4,6,8-12,22H,5,7H2,1-3H3,(H,21,23)(H,24,25);3,5,7-11,22H,4,6H2,1-2H3,(H,21,23)(H,24,25). The van der Waals surface area contributed by atoms with Gasteiger partial charge in [-0.3, -0.25) is 19.8 Å². The minimum atomic E-state index is -0.832. The van der Waals surface area contributed by atoms with Crippen molar-refractivity contribution in [3.05, 3.63) is 94.8 Å². The Morgan fingerprint density at radius 1 is 0.700 bits per heavy atom. The fraction of sp³-hybridized carbons (Fsp3) is 0.282. The van der Waals surface area contributed by atoms with Gasteiger partial charge < -0.3 is 20.8 Å². The molecule has 0 aliphatic carbocycles. The molecule has 0 aliphatic rings. The maximum atomic E-state index is 10.9. The number of anilines is 2. The van der Waals surface area contributed by atoms with Crippen LogP contribution in [0.3, 0.4) is 0 Å². The smallest absolute Gasteiger partial charge is 0.303 e. The minimum absolute atomic E-state index is 0.0525. The van der Waals surface area contributed by atoms with E-state index in [2.05, 4.69) is 89.1 Å². The van der Waals surface area contributed by atoms with Crippen LogP contribution in [0.15, 0.2) is 73.1 Å². The Labute approximate surface area is 296 Å². The van der Waals surface area contributed by atoms with Gasteiger partial charge in [-0.2, -0.15) is 10.2 Å². The topological polar surface area (TPSA) is 156 Å². The molecule has 11 heteroatoms. The van der Waals surface area contributed by atoms with Gasteiger partial charge >= 0.3 is 11.9 Å². The lowest BCUT2D eigenvalue weighted by Gasteiger charge is -2.18. The van der Waals surface area contributed by atoms with Crippen molar-refractivity contribution < 1.29 is 19.8 Å². The molecule has 0 fully saturated rings. The second kappa shape index (κ2) is 15.9. The fourth-order valence-corrected chi connectivity index (χ4v) is 6.13. The number of nitrogens with zero attached hydrogens (tertiary/aromatic N) is 2. The quantitative estimate of drug-likeness (QED) is 0.0741. The highest BCUT2D eigenvalue weighted by atomic mass is 35.5. The van der Waals surface area contributed by atoms with Crippen LogP contribution in [-0.4, -0.2) is 54.6 Å². The Morgan fingerprint density at radius 2 is 1.16 bits per heavy atom. The van der Waals surface area contributed by atoms with Gasteiger partial charge in [-0.15, -0.1) is 0 Å². The monoisotopic (exact) mass is 694 g/mol. The van der Waals surface area contributed by atoms with Crippen LogP contribution in [-0.2, 0) is 22.4 Å². The van der Waals surface area contributed by atoms with Crippen molar-refractivity contribution in [1.29, 1.82) is 0 Å². The number of fused-ring (bicyclic) bond motifs is 2. The molecule has 0 radical (unpaired) electrons. The van der Waals surface area contributed by atoms with E-state index >= 15 is 0 Å². The summed E-state index contributed by atoms with van der Waals surface area (Å²) in [5.74, 6) is -1.60. The summed E-state index contributed by atoms with van der Waals surface area (Å²) in [6.45, 7) is 10.4. The molecule has 0 atom stereocenters. The van der Waals surface area contributed by atoms with Crippen LogP contribution in [0.1, 0.15) is 57.2 Å². The number of carboxylic acids is 2. The van der Waals surface area contributed by atoms with E-state index in [1.165, 1.54) is 0 Å². The van der Waals surface area contributed by atoms with Crippen molar-refractivity contribution in [2.75, 3.05) is 10.6 Å². The Hall–Kier alpha value is -5.35. The van der Waals surface area contributed by atoms with E-state index in [9.17, 15) is 9.59 Å². The first-order valence-electron chi connectivity index (χ1n) is 16.7. The van der Waals surface area contributed by atoms with Gasteiger partial charge in [0.1, 0.15) is 0 Å². The lowest BCUT2D eigenvalue weighted by molar-refractivity contribution is -0.138. The van der Waals surface area contributed by atoms with Crippen molar-refractivity contribution in [2.45, 2.75) is 72.4 Å². The molecule has 0 unspecified atom stereocenters. The summed E-state index contributed by atoms with van der Waals surface area (Å²) in [4.78, 5) is 21.8. The lowest BCUT2D eigenvalue weighted by Crippen LogP contribution is -2.11. The summed E-state index contributed by atoms with van der Waals surface area (Å²) in [7, 11) is 0. The third kappa shape index (κ3) is 9.00. The van der Waals surface area contributed by atoms with E-state index in [0.717, 1.165) is 72.1 Å². The van der Waals surface area contributed by atoms with Crippen molar-refractivity contribution >= 4 is 56.7 Å². The number of carboxylic acid groups (broad SMARTS) is 2. The van der Waals surface area contributed by atoms with Crippen molar-refractivity contribution in [1.82, 2.24) is 20.4 Å². The highest BCUT2D eigenvalue weighted by molar-refractivity contribution is 6.32. The lowest BCUT2D eigenvalue weighted by atomic mass is 9.94. The van der Waals surface area contributed by atoms with Crippen molar-refractivity contribution in [2.24, 2.45) is 0 Å². The first-order chi connectivity index (χ1) is 23.9. The van der Waals surface area contributed by atoms with Crippen LogP contribution >= 0.6 is 11.6 Å². The number of aryl methyl sites for hydroxylation is 3. The number of halogens is 1. The predicted molar refractivity (Wildman–Crippen MR) is 202 cm³/mol. The largest absolute Gasteiger partial charge is 0.481 e. The molecule has 0 bridgehead atoms. The Kier molecular flexibility index (Phi) is 11.4. The molecule has 4 aromatic carbocycles. The molecular formula is C39H43ClN6O4. The van der Waals surface area contributed by atoms with Crippen molar-refractivity contribution in [3.8, 4) is 22.3 Å². The summed E-state index contributed by atoms with van der Waals surface area (Å²) < 4.78 is 0. The van der Waals surface area contributed by atoms with E-state index in [-0.39, 0.29) is 18.9 Å². The molecule has 0 amide bonds. The van der Waals surface area contributed by atoms with Gasteiger partial charge in [0.25, 0.3) is 0 Å². The van der Waals surface area contributed by atoms with Gasteiger partial charge in [-0.25, -0.2) is 0 Å². The molecule has 6 N–H and O–H groups in total. The fourth-order valence-electron chi connectivity index (χ4n) is 5.87. The van der Waals surface area contributed by atoms with Gasteiger partial charge in [0.2, 0.25) is 0 Å². The van der Waals surface area contributed by atoms with E-state index < -0.39 is 11.9 Å². The Bertz CT molecular complexity index is 1980. The van der Waals surface area contributed by atoms with Crippen LogP contribution in [0.2, 0.25) is 5.02 Å². The molecule has 6 aromatic rings. The van der Waals surface area contributed by atoms with Gasteiger partial charge in [0.15, 0.2) is 0 Å². The number of carbonyl (C=O) groups is 2. The second-order valence-corrected chi connectivity index (χ2v) is 13.5. The number of H-pyrrole nitrogens is 2. The number of nitrogens with one attached hydrogen (secondary N) is 4. The van der Waals surface area contributed by atoms with Crippen LogP contribution in [0.25, 0.3) is 44.1 Å². The highest BCUT2D eigenvalue weighted by Gasteiger charge is 2.15. The molecule has 2 aromatic heterocycles. The maximum absolute atomic E-state index is 10.9. The van der Waals surface area contributed by atoms with E-state index in [1.54, 1.807) is 6.20 Å². The number of aromatic amines is 2. The number of hydrogen-bond donors (Lipinski definition) is 6. The van der Waals surface area contributed by atoms with Crippen LogP contribution in [0.5, 0.6) is 0 Å². The summed E-state index contributed by atoms with van der Waals surface area (Å²) in [5.41, 5.74) is 11.2. The molecule has 260 valence electrons. The SMILES string of the molecule is CC(C)Nc1cc(Cl)c(CCC(=O)O)cc1-c1ccc2[nH]ncc2c1.Cc1cc(NC(C)C)c(-c2ccc3[nH]ncc3c2)cc1CCC(=O)O. The number of aliphatic carboxylic acids is 2. The van der Waals surface area contributed by atoms with Gasteiger partial charge in [-0.1, -0.05) is 23.7 Å². The third-order valence-corrected chi connectivity index (χ3v) is 8.62. The van der Waals surface area contributed by atoms with Crippen LogP contribution in [0, 0.1) is 6.92 Å². The zero-order chi connectivity index (χ0) is 35.9. The molecular weight excluding hydrogens is 652 g/mol. The van der Waals surface area contributed by atoms with Crippen LogP contribution in [0.4, 0.5) is 11.4 Å². The normalized spacial score (nSPS) is 11.2. The number of aromatic nitrogens is 4. The van der Waals surface area contributed by atoms with Gasteiger partial charge in [0.05, 0.1) is 23.4 Å². The molecule has 0 saturated heterocycles. The number of rotatable bonds is 12. The van der Waals surface area contributed by atoms with Gasteiger partial charge in [0, 0.05) is 63.2 Å². The van der Waals surface area contributed by atoms with E-state index in [0.29, 0.717) is 23.9 Å². The van der Waals surface area contributed by atoms with E-state index in [1.807, 2.05) is 43.5 Å². The molecule has 6 rings (SSSR count).